The molecule has 0 unspecified atom stereocenters. The zero-order valence-electron chi connectivity index (χ0n) is 12.9. The summed E-state index contributed by atoms with van der Waals surface area (Å²) in [6.45, 7) is 6.53. The average Bonchev–Trinajstić information content (AvgIpc) is 2.45. The molecule has 0 saturated heterocycles. The molecule has 2 N–H and O–H groups in total. The molecule has 0 atom stereocenters. The van der Waals surface area contributed by atoms with Crippen molar-refractivity contribution < 1.29 is 8.42 Å². The second-order valence-electron chi connectivity index (χ2n) is 5.11. The van der Waals surface area contributed by atoms with Gasteiger partial charge in [-0.2, -0.15) is 0 Å². The summed E-state index contributed by atoms with van der Waals surface area (Å²) in [4.78, 5) is 0.244. The lowest BCUT2D eigenvalue weighted by Gasteiger charge is -2.10. The summed E-state index contributed by atoms with van der Waals surface area (Å²) in [7, 11) is -3.66. The molecule has 0 bridgehead atoms. The van der Waals surface area contributed by atoms with Crippen molar-refractivity contribution >= 4 is 21.7 Å². The van der Waals surface area contributed by atoms with E-state index in [1.54, 1.807) is 31.2 Å². The van der Waals surface area contributed by atoms with Crippen molar-refractivity contribution in [3.05, 3.63) is 41.5 Å². The zero-order chi connectivity index (χ0) is 16.2. The van der Waals surface area contributed by atoms with Crippen molar-refractivity contribution in [1.82, 2.24) is 10.2 Å². The van der Waals surface area contributed by atoms with Crippen LogP contribution in [0.3, 0.4) is 0 Å². The van der Waals surface area contributed by atoms with Gasteiger partial charge < -0.3 is 5.32 Å². The number of aromatic nitrogens is 2. The molecule has 2 rings (SSSR count). The zero-order valence-corrected chi connectivity index (χ0v) is 13.7. The van der Waals surface area contributed by atoms with E-state index in [2.05, 4.69) is 20.2 Å². The molecule has 0 radical (unpaired) electrons. The lowest BCUT2D eigenvalue weighted by atomic mass is 10.2. The fraction of sp³-hybridized carbons (Fsp3) is 0.333. The minimum absolute atomic E-state index is 0.196. The molecule has 22 heavy (non-hydrogen) atoms. The molecule has 6 nitrogen and oxygen atoms in total. The summed E-state index contributed by atoms with van der Waals surface area (Å²) in [5, 5.41) is 10.9. The number of nitrogens with one attached hydrogen (secondary N) is 2. The summed E-state index contributed by atoms with van der Waals surface area (Å²) in [5.74, 6) is 0.818. The molecule has 0 aliphatic carbocycles. The van der Waals surface area contributed by atoms with Gasteiger partial charge in [-0.1, -0.05) is 24.6 Å². The minimum atomic E-state index is -3.66. The maximum Gasteiger partial charge on any atom is 0.263 e. The molecule has 0 spiro atoms. The molecule has 1 heterocycles. The summed E-state index contributed by atoms with van der Waals surface area (Å²) in [5.41, 5.74) is 1.71. The van der Waals surface area contributed by atoms with Crippen LogP contribution in [0.1, 0.15) is 24.5 Å². The van der Waals surface area contributed by atoms with Crippen molar-refractivity contribution in [3.63, 3.8) is 0 Å². The topological polar surface area (TPSA) is 84.0 Å². The van der Waals surface area contributed by atoms with Crippen molar-refractivity contribution in [1.29, 1.82) is 0 Å². The normalized spacial score (nSPS) is 11.2. The van der Waals surface area contributed by atoms with Crippen LogP contribution in [0.25, 0.3) is 0 Å². The van der Waals surface area contributed by atoms with Gasteiger partial charge in [0.15, 0.2) is 5.82 Å². The first-order valence-electron chi connectivity index (χ1n) is 7.10. The maximum atomic E-state index is 12.4. The molecule has 0 amide bonds. The molecule has 0 fully saturated rings. The second kappa shape index (κ2) is 6.74. The Bertz CT molecular complexity index is 743. The first kappa shape index (κ1) is 16.2. The third kappa shape index (κ3) is 3.94. The van der Waals surface area contributed by atoms with Crippen molar-refractivity contribution in [2.75, 3.05) is 16.6 Å². The number of rotatable bonds is 6. The third-order valence-electron chi connectivity index (χ3n) is 3.08. The quantitative estimate of drug-likeness (QED) is 0.855. The highest BCUT2D eigenvalue weighted by atomic mass is 32.2. The Morgan fingerprint density at radius 3 is 2.32 bits per heavy atom. The van der Waals surface area contributed by atoms with E-state index < -0.39 is 10.0 Å². The van der Waals surface area contributed by atoms with Crippen molar-refractivity contribution in [2.24, 2.45) is 0 Å². The summed E-state index contributed by atoms with van der Waals surface area (Å²) in [6.07, 6.45) is 0.975. The van der Waals surface area contributed by atoms with Gasteiger partial charge >= 0.3 is 0 Å². The number of hydrogen-bond acceptors (Lipinski definition) is 5. The van der Waals surface area contributed by atoms with E-state index in [4.69, 9.17) is 0 Å². The van der Waals surface area contributed by atoms with E-state index in [1.807, 2.05) is 19.9 Å². The number of hydrogen-bond donors (Lipinski definition) is 2. The van der Waals surface area contributed by atoms with E-state index in [0.29, 0.717) is 11.4 Å². The Balaban J connectivity index is 2.18. The Hall–Kier alpha value is -2.15. The van der Waals surface area contributed by atoms with Gasteiger partial charge in [-0.15, -0.1) is 10.2 Å². The van der Waals surface area contributed by atoms with Gasteiger partial charge in [0.25, 0.3) is 10.0 Å². The van der Waals surface area contributed by atoms with E-state index in [9.17, 15) is 8.42 Å². The van der Waals surface area contributed by atoms with Crippen LogP contribution in [-0.2, 0) is 10.0 Å². The van der Waals surface area contributed by atoms with Gasteiger partial charge in [-0.05, 0) is 44.0 Å². The number of benzene rings is 1. The van der Waals surface area contributed by atoms with Crippen molar-refractivity contribution in [3.8, 4) is 0 Å². The van der Waals surface area contributed by atoms with E-state index in [1.165, 1.54) is 0 Å². The monoisotopic (exact) mass is 320 g/mol. The summed E-state index contributed by atoms with van der Waals surface area (Å²) >= 11 is 0. The number of nitrogens with zero attached hydrogens (tertiary/aromatic N) is 2. The molecular formula is C15H20N4O2S. The lowest BCUT2D eigenvalue weighted by Crippen LogP contribution is -2.16. The van der Waals surface area contributed by atoms with Crippen LogP contribution >= 0.6 is 0 Å². The van der Waals surface area contributed by atoms with Crippen LogP contribution in [0.15, 0.2) is 35.2 Å². The maximum absolute atomic E-state index is 12.4. The highest BCUT2D eigenvalue weighted by Crippen LogP contribution is 2.19. The van der Waals surface area contributed by atoms with Gasteiger partial charge in [0.05, 0.1) is 4.90 Å². The Labute approximate surface area is 131 Å². The number of anilines is 2. The largest absolute Gasteiger partial charge is 0.369 e. The van der Waals surface area contributed by atoms with Gasteiger partial charge in [0.1, 0.15) is 5.82 Å². The predicted molar refractivity (Wildman–Crippen MR) is 87.5 cm³/mol. The molecule has 0 aliphatic heterocycles. The van der Waals surface area contributed by atoms with Gasteiger partial charge in [-0.3, -0.25) is 4.72 Å². The molecule has 7 heteroatoms. The van der Waals surface area contributed by atoms with Gasteiger partial charge in [-0.25, -0.2) is 8.42 Å². The highest BCUT2D eigenvalue weighted by Gasteiger charge is 2.17. The summed E-state index contributed by atoms with van der Waals surface area (Å²) in [6, 6.07) is 8.48. The van der Waals surface area contributed by atoms with E-state index >= 15 is 0 Å². The van der Waals surface area contributed by atoms with Crippen molar-refractivity contribution in [2.45, 2.75) is 32.1 Å². The van der Waals surface area contributed by atoms with E-state index in [-0.39, 0.29) is 10.7 Å². The first-order valence-corrected chi connectivity index (χ1v) is 8.58. The Kier molecular flexibility index (Phi) is 4.97. The number of sulfonamides is 1. The smallest absolute Gasteiger partial charge is 0.263 e. The molecule has 118 valence electrons. The summed E-state index contributed by atoms with van der Waals surface area (Å²) < 4.78 is 27.2. The third-order valence-corrected chi connectivity index (χ3v) is 4.59. The fourth-order valence-electron chi connectivity index (χ4n) is 2.03. The molecule has 1 aromatic carbocycles. The van der Waals surface area contributed by atoms with Gasteiger partial charge in [0, 0.05) is 6.54 Å². The molecule has 2 aromatic rings. The number of aryl methyl sites for hydroxylation is 2. The Morgan fingerprint density at radius 2 is 1.73 bits per heavy atom. The predicted octanol–water partition coefficient (Wildman–Crippen LogP) is 2.72. The molecule has 0 aliphatic rings. The van der Waals surface area contributed by atoms with Crippen LogP contribution in [0.2, 0.25) is 0 Å². The Morgan fingerprint density at radius 1 is 1.05 bits per heavy atom. The van der Waals surface area contributed by atoms with Crippen LogP contribution < -0.4 is 10.0 Å². The second-order valence-corrected chi connectivity index (χ2v) is 6.76. The fourth-order valence-corrected chi connectivity index (χ4v) is 3.25. The van der Waals surface area contributed by atoms with E-state index in [0.717, 1.165) is 18.5 Å². The van der Waals surface area contributed by atoms with Crippen LogP contribution in [-0.4, -0.2) is 25.2 Å². The van der Waals surface area contributed by atoms with Gasteiger partial charge in [0.2, 0.25) is 0 Å². The molecule has 0 saturated carbocycles. The molecular weight excluding hydrogens is 300 g/mol. The first-order chi connectivity index (χ1) is 10.4. The van der Waals surface area contributed by atoms with Crippen LogP contribution in [0.5, 0.6) is 0 Å². The standard InChI is InChI=1S/C15H20N4O2S/c1-4-9-16-14-7-8-15(18-17-14)19-22(20,21)13-6-5-11(2)10-12(13)3/h5-8,10H,4,9H2,1-3H3,(H,16,17)(H,18,19). The minimum Gasteiger partial charge on any atom is -0.369 e. The van der Waals surface area contributed by atoms with Crippen LogP contribution in [0, 0.1) is 13.8 Å². The highest BCUT2D eigenvalue weighted by molar-refractivity contribution is 7.92. The van der Waals surface area contributed by atoms with Crippen LogP contribution in [0.4, 0.5) is 11.6 Å². The lowest BCUT2D eigenvalue weighted by molar-refractivity contribution is 0.600. The average molecular weight is 320 g/mol. The molecule has 1 aromatic heterocycles. The SMILES string of the molecule is CCCNc1ccc(NS(=O)(=O)c2ccc(C)cc2C)nn1.